The van der Waals surface area contributed by atoms with Gasteiger partial charge in [0.15, 0.2) is 0 Å². The van der Waals surface area contributed by atoms with Crippen LogP contribution in [0.3, 0.4) is 0 Å². The SMILES string of the molecule is COC[C@@H]1NC(=O)CC/C=C\[C@@H]2O[C@@]34C=CCN(C(C)(C)CC(C)(C)C)C(=O)[C@@H]3N([C@H](CO)c3ccccc3)C(=O)[C@H]4[C@@H]2C(=O)O[C@H]1c1ccccc1. The molecule has 2 N–H and O–H groups in total. The van der Waals surface area contributed by atoms with E-state index in [1.54, 1.807) is 23.1 Å². The van der Waals surface area contributed by atoms with Crippen LogP contribution in [-0.4, -0.2) is 94.8 Å². The number of benzene rings is 2. The number of cyclic esters (lactones) is 1. The Kier molecular flexibility index (Phi) is 11.0. The highest BCUT2D eigenvalue weighted by molar-refractivity contribution is 5.99. The Morgan fingerprint density at radius 1 is 0.962 bits per heavy atom. The van der Waals surface area contributed by atoms with Gasteiger partial charge in [0.05, 0.1) is 37.3 Å². The van der Waals surface area contributed by atoms with Crippen molar-refractivity contribution in [3.8, 4) is 0 Å². The molecule has 3 amide bonds. The average molecular weight is 728 g/mol. The number of allylic oxidation sites excluding steroid dienone is 1. The second-order valence-corrected chi connectivity index (χ2v) is 16.5. The summed E-state index contributed by atoms with van der Waals surface area (Å²) >= 11 is 0. The van der Waals surface area contributed by atoms with Gasteiger partial charge in [0.25, 0.3) is 0 Å². The molecule has 0 radical (unpaired) electrons. The fourth-order valence-electron chi connectivity index (χ4n) is 9.13. The fourth-order valence-corrected chi connectivity index (χ4v) is 9.13. The lowest BCUT2D eigenvalue weighted by atomic mass is 9.77. The molecule has 2 saturated heterocycles. The third-order valence-electron chi connectivity index (χ3n) is 10.9. The molecule has 2 fully saturated rings. The van der Waals surface area contributed by atoms with E-state index in [4.69, 9.17) is 14.2 Å². The molecule has 1 spiro atoms. The Bertz CT molecular complexity index is 1720. The largest absolute Gasteiger partial charge is 0.455 e. The van der Waals surface area contributed by atoms with Crippen LogP contribution in [-0.2, 0) is 33.4 Å². The highest BCUT2D eigenvalue weighted by Crippen LogP contribution is 2.55. The first-order valence-electron chi connectivity index (χ1n) is 18.6. The summed E-state index contributed by atoms with van der Waals surface area (Å²) in [5, 5.41) is 14.0. The van der Waals surface area contributed by atoms with Crippen molar-refractivity contribution in [2.75, 3.05) is 26.9 Å². The highest BCUT2D eigenvalue weighted by Gasteiger charge is 2.73. The molecule has 8 atom stereocenters. The molecule has 6 rings (SSSR count). The number of esters is 1. The van der Waals surface area contributed by atoms with Crippen molar-refractivity contribution in [3.63, 3.8) is 0 Å². The van der Waals surface area contributed by atoms with Crippen LogP contribution in [0.15, 0.2) is 85.0 Å². The van der Waals surface area contributed by atoms with Crippen molar-refractivity contribution in [2.24, 2.45) is 17.3 Å². The van der Waals surface area contributed by atoms with Crippen molar-refractivity contribution in [2.45, 2.75) is 95.4 Å². The highest BCUT2D eigenvalue weighted by atomic mass is 16.6. The van der Waals surface area contributed by atoms with Crippen LogP contribution in [0.2, 0.25) is 0 Å². The zero-order valence-electron chi connectivity index (χ0n) is 31.6. The number of carbonyl (C=O) groups is 4. The number of aliphatic hydroxyl groups is 1. The number of rotatable bonds is 8. The van der Waals surface area contributed by atoms with E-state index in [9.17, 15) is 14.7 Å². The lowest BCUT2D eigenvalue weighted by Crippen LogP contribution is -2.60. The second kappa shape index (κ2) is 15.2. The molecule has 4 heterocycles. The summed E-state index contributed by atoms with van der Waals surface area (Å²) in [5.74, 6) is -4.04. The minimum Gasteiger partial charge on any atom is -0.455 e. The molecular formula is C42H53N3O8. The van der Waals surface area contributed by atoms with E-state index < -0.39 is 71.8 Å². The first kappa shape index (κ1) is 38.4. The normalized spacial score (nSPS) is 30.6. The predicted molar refractivity (Wildman–Crippen MR) is 198 cm³/mol. The van der Waals surface area contributed by atoms with Crippen LogP contribution in [0.5, 0.6) is 0 Å². The van der Waals surface area contributed by atoms with Gasteiger partial charge in [-0.15, -0.1) is 0 Å². The van der Waals surface area contributed by atoms with Gasteiger partial charge in [-0.05, 0) is 43.2 Å². The first-order valence-corrected chi connectivity index (χ1v) is 18.6. The first-order chi connectivity index (χ1) is 25.2. The zero-order chi connectivity index (χ0) is 38.1. The van der Waals surface area contributed by atoms with Gasteiger partial charge in [-0.2, -0.15) is 0 Å². The van der Waals surface area contributed by atoms with Gasteiger partial charge in [0, 0.05) is 25.6 Å². The Labute approximate surface area is 312 Å². The number of amides is 3. The molecule has 11 nitrogen and oxygen atoms in total. The van der Waals surface area contributed by atoms with Crippen molar-refractivity contribution >= 4 is 23.7 Å². The van der Waals surface area contributed by atoms with Crippen LogP contribution in [0.25, 0.3) is 0 Å². The third-order valence-corrected chi connectivity index (χ3v) is 10.9. The maximum atomic E-state index is 15.3. The van der Waals surface area contributed by atoms with Crippen molar-refractivity contribution in [1.29, 1.82) is 0 Å². The maximum absolute atomic E-state index is 15.3. The molecule has 4 aliphatic heterocycles. The number of hydrogen-bond donors (Lipinski definition) is 2. The summed E-state index contributed by atoms with van der Waals surface area (Å²) in [4.78, 5) is 61.6. The molecule has 284 valence electrons. The van der Waals surface area contributed by atoms with Gasteiger partial charge in [0.1, 0.15) is 23.7 Å². The van der Waals surface area contributed by atoms with Crippen molar-refractivity contribution in [3.05, 3.63) is 96.1 Å². The molecule has 53 heavy (non-hydrogen) atoms. The Morgan fingerprint density at radius 3 is 2.28 bits per heavy atom. The average Bonchev–Trinajstić information content (AvgIpc) is 3.49. The second-order valence-electron chi connectivity index (χ2n) is 16.5. The van der Waals surface area contributed by atoms with Crippen molar-refractivity contribution < 1.29 is 38.5 Å². The standard InChI is InChI=1S/C42H53N3O8/c1-40(2,3)26-41(4,5)44-23-15-22-42-34(37(48)45(36(42)38(44)49)30(24-46)27-16-9-7-10-17-27)33-31(53-42)20-13-14-21-32(47)43-29(25-51-6)35(52-39(33)50)28-18-11-8-12-19-28/h7-13,15-20,22,29-31,33-36,46H,14,21,23-26H2,1-6H3,(H,43,47)/b20-13-/t29-,30+,31-,33+,34+,35-,36-,42+/m0/s1. The Balaban J connectivity index is 1.50. The predicted octanol–water partition coefficient (Wildman–Crippen LogP) is 4.68. The molecule has 0 aromatic heterocycles. The van der Waals surface area contributed by atoms with E-state index >= 15 is 9.59 Å². The van der Waals surface area contributed by atoms with Gasteiger partial charge < -0.3 is 34.4 Å². The molecule has 0 bridgehead atoms. The van der Waals surface area contributed by atoms with Crippen LogP contribution in [0, 0.1) is 17.3 Å². The van der Waals surface area contributed by atoms with E-state index in [1.807, 2.05) is 80.6 Å². The number of ether oxygens (including phenoxy) is 3. The van der Waals surface area contributed by atoms with E-state index in [2.05, 4.69) is 26.1 Å². The minimum absolute atomic E-state index is 0.0633. The number of hydrogen-bond acceptors (Lipinski definition) is 8. The molecule has 0 unspecified atom stereocenters. The van der Waals surface area contributed by atoms with E-state index in [1.165, 1.54) is 12.0 Å². The van der Waals surface area contributed by atoms with Crippen LogP contribution in [0.4, 0.5) is 0 Å². The number of nitrogens with zero attached hydrogens (tertiary/aromatic N) is 2. The molecule has 4 aliphatic rings. The topological polar surface area (TPSA) is 135 Å². The van der Waals surface area contributed by atoms with E-state index in [-0.39, 0.29) is 36.8 Å². The summed E-state index contributed by atoms with van der Waals surface area (Å²) in [5.41, 5.74) is -1.01. The van der Waals surface area contributed by atoms with Gasteiger partial charge in [-0.25, -0.2) is 0 Å². The molecule has 2 aromatic rings. The number of likely N-dealkylation sites (tertiary alicyclic amines) is 1. The van der Waals surface area contributed by atoms with E-state index in [0.29, 0.717) is 24.0 Å². The van der Waals surface area contributed by atoms with Crippen LogP contribution in [0.1, 0.15) is 77.2 Å². The Hall–Kier alpha value is -4.32. The quantitative estimate of drug-likeness (QED) is 0.296. The summed E-state index contributed by atoms with van der Waals surface area (Å²) in [7, 11) is 1.51. The molecule has 11 heteroatoms. The molecule has 2 aromatic carbocycles. The zero-order valence-corrected chi connectivity index (χ0v) is 31.6. The van der Waals surface area contributed by atoms with Gasteiger partial charge >= 0.3 is 5.97 Å². The summed E-state index contributed by atoms with van der Waals surface area (Å²) in [6.45, 7) is 10.3. The lowest BCUT2D eigenvalue weighted by molar-refractivity contribution is -0.163. The smallest absolute Gasteiger partial charge is 0.313 e. The number of nitrogens with one attached hydrogen (secondary N) is 1. The Morgan fingerprint density at radius 2 is 1.64 bits per heavy atom. The fraction of sp³-hybridized carbons (Fsp3) is 0.524. The lowest BCUT2D eigenvalue weighted by Gasteiger charge is -2.45. The minimum atomic E-state index is -1.57. The molecule has 0 saturated carbocycles. The number of fused-ring (bicyclic) bond motifs is 2. The van der Waals surface area contributed by atoms with Crippen molar-refractivity contribution in [1.82, 2.24) is 15.1 Å². The third kappa shape index (κ3) is 7.43. The summed E-state index contributed by atoms with van der Waals surface area (Å²) in [6.07, 6.45) is 6.46. The van der Waals surface area contributed by atoms with Crippen LogP contribution >= 0.6 is 0 Å². The monoisotopic (exact) mass is 727 g/mol. The molecular weight excluding hydrogens is 674 g/mol. The number of aliphatic hydroxyl groups excluding tert-OH is 1. The van der Waals surface area contributed by atoms with E-state index in [0.717, 1.165) is 0 Å². The molecule has 0 aliphatic carbocycles. The maximum Gasteiger partial charge on any atom is 0.313 e. The number of methoxy groups -OCH3 is 1. The number of carbonyl (C=O) groups excluding carboxylic acids is 4. The summed E-state index contributed by atoms with van der Waals surface area (Å²) in [6, 6.07) is 15.4. The van der Waals surface area contributed by atoms with Gasteiger partial charge in [0.2, 0.25) is 17.7 Å². The van der Waals surface area contributed by atoms with Gasteiger partial charge in [-0.1, -0.05) is 106 Å². The van der Waals surface area contributed by atoms with Crippen LogP contribution < -0.4 is 5.32 Å². The summed E-state index contributed by atoms with van der Waals surface area (Å²) < 4.78 is 18.8. The van der Waals surface area contributed by atoms with Gasteiger partial charge in [-0.3, -0.25) is 19.2 Å².